The third-order valence-corrected chi connectivity index (χ3v) is 6.48. The summed E-state index contributed by atoms with van der Waals surface area (Å²) in [6.07, 6.45) is 0.880. The van der Waals surface area contributed by atoms with Crippen LogP contribution in [0.3, 0.4) is 0 Å². The summed E-state index contributed by atoms with van der Waals surface area (Å²) in [5.74, 6) is -1.22. The van der Waals surface area contributed by atoms with Crippen molar-refractivity contribution >= 4 is 11.8 Å². The van der Waals surface area contributed by atoms with Crippen molar-refractivity contribution in [3.8, 4) is 0 Å². The number of hydrogen-bond donors (Lipinski definition) is 2. The van der Waals surface area contributed by atoms with Gasteiger partial charge in [0.2, 0.25) is 5.91 Å². The number of amides is 2. The Labute approximate surface area is 195 Å². The summed E-state index contributed by atoms with van der Waals surface area (Å²) in [5.41, 5.74) is 1.96. The molecule has 0 spiro atoms. The lowest BCUT2D eigenvalue weighted by Gasteiger charge is -2.41. The molecule has 33 heavy (non-hydrogen) atoms. The van der Waals surface area contributed by atoms with E-state index in [1.807, 2.05) is 18.2 Å². The first-order valence-corrected chi connectivity index (χ1v) is 11.8. The standard InChI is InChI=1S/C26H34FN3O3/c1-4-29(5-2)16-8-15-28-25(31)23-21-9-6-7-10-22(21)26(32)30(17-18-33-3)24(23)19-11-13-20(27)14-12-19/h6-7,9-14,23-24H,4-5,8,15-18H2,1-3H3,(H,28,31)/p+1. The molecule has 0 aliphatic carbocycles. The summed E-state index contributed by atoms with van der Waals surface area (Å²) in [4.78, 5) is 30.1. The van der Waals surface area contributed by atoms with E-state index >= 15 is 0 Å². The molecule has 0 bridgehead atoms. The first kappa shape index (κ1) is 24.9. The summed E-state index contributed by atoms with van der Waals surface area (Å²) >= 11 is 0. The van der Waals surface area contributed by atoms with Gasteiger partial charge in [-0.1, -0.05) is 30.3 Å². The number of carbonyl (C=O) groups is 2. The van der Waals surface area contributed by atoms with Gasteiger partial charge in [-0.3, -0.25) is 9.59 Å². The lowest BCUT2D eigenvalue weighted by molar-refractivity contribution is -0.896. The summed E-state index contributed by atoms with van der Waals surface area (Å²) in [7, 11) is 1.58. The minimum atomic E-state index is -0.595. The van der Waals surface area contributed by atoms with Gasteiger partial charge in [-0.05, 0) is 43.2 Å². The van der Waals surface area contributed by atoms with Crippen LogP contribution < -0.4 is 10.2 Å². The van der Waals surface area contributed by atoms with E-state index in [0.717, 1.165) is 31.6 Å². The summed E-state index contributed by atoms with van der Waals surface area (Å²) < 4.78 is 18.9. The smallest absolute Gasteiger partial charge is 0.254 e. The van der Waals surface area contributed by atoms with Gasteiger partial charge in [0.1, 0.15) is 5.82 Å². The van der Waals surface area contributed by atoms with Crippen LogP contribution in [-0.4, -0.2) is 63.2 Å². The average Bonchev–Trinajstić information content (AvgIpc) is 2.84. The number of carbonyl (C=O) groups excluding carboxylic acids is 2. The van der Waals surface area contributed by atoms with Crippen molar-refractivity contribution in [2.75, 3.05) is 46.4 Å². The van der Waals surface area contributed by atoms with Gasteiger partial charge in [-0.2, -0.15) is 0 Å². The minimum absolute atomic E-state index is 0.124. The number of methoxy groups -OCH3 is 1. The van der Waals surface area contributed by atoms with Crippen LogP contribution in [0.4, 0.5) is 4.39 Å². The Morgan fingerprint density at radius 3 is 2.48 bits per heavy atom. The molecule has 178 valence electrons. The van der Waals surface area contributed by atoms with E-state index in [4.69, 9.17) is 4.74 Å². The van der Waals surface area contributed by atoms with Crippen molar-refractivity contribution in [3.63, 3.8) is 0 Å². The number of hydrogen-bond acceptors (Lipinski definition) is 3. The number of fused-ring (bicyclic) bond motifs is 1. The van der Waals surface area contributed by atoms with E-state index in [1.165, 1.54) is 17.0 Å². The highest BCUT2D eigenvalue weighted by molar-refractivity contribution is 6.01. The van der Waals surface area contributed by atoms with Crippen LogP contribution in [0.25, 0.3) is 0 Å². The predicted molar refractivity (Wildman–Crippen MR) is 126 cm³/mol. The first-order chi connectivity index (χ1) is 16.0. The van der Waals surface area contributed by atoms with E-state index in [9.17, 15) is 14.0 Å². The van der Waals surface area contributed by atoms with Crippen LogP contribution in [0.5, 0.6) is 0 Å². The lowest BCUT2D eigenvalue weighted by atomic mass is 9.79. The number of rotatable bonds is 11. The van der Waals surface area contributed by atoms with Crippen LogP contribution in [0.2, 0.25) is 0 Å². The second-order valence-electron chi connectivity index (χ2n) is 8.40. The zero-order chi connectivity index (χ0) is 23.8. The number of nitrogens with zero attached hydrogens (tertiary/aromatic N) is 1. The van der Waals surface area contributed by atoms with Gasteiger partial charge in [0.05, 0.1) is 38.2 Å². The van der Waals surface area contributed by atoms with E-state index in [0.29, 0.717) is 30.8 Å². The SMILES string of the molecule is CC[NH+](CC)CCCNC(=O)C1c2ccccc2C(=O)N(CCOC)C1c1ccc(F)cc1. The Balaban J connectivity index is 1.93. The van der Waals surface area contributed by atoms with Gasteiger partial charge in [0.15, 0.2) is 0 Å². The molecular formula is C26H35FN3O3+. The quantitative estimate of drug-likeness (QED) is 0.510. The van der Waals surface area contributed by atoms with Crippen LogP contribution in [0, 0.1) is 5.82 Å². The van der Waals surface area contributed by atoms with Crippen molar-refractivity contribution in [2.24, 2.45) is 0 Å². The Hall–Kier alpha value is -2.77. The summed E-state index contributed by atoms with van der Waals surface area (Å²) in [5, 5.41) is 3.10. The molecule has 2 unspecified atom stereocenters. The van der Waals surface area contributed by atoms with E-state index in [-0.39, 0.29) is 17.6 Å². The maximum absolute atomic E-state index is 13.7. The summed E-state index contributed by atoms with van der Waals surface area (Å²) in [6.45, 7) is 8.68. The maximum Gasteiger partial charge on any atom is 0.254 e. The largest absolute Gasteiger partial charge is 0.383 e. The third kappa shape index (κ3) is 5.78. The molecule has 0 fully saturated rings. The molecule has 7 heteroatoms. The second kappa shape index (κ2) is 11.9. The molecule has 2 aromatic rings. The Morgan fingerprint density at radius 1 is 1.12 bits per heavy atom. The van der Waals surface area contributed by atoms with Crippen molar-refractivity contribution in [1.29, 1.82) is 0 Å². The highest BCUT2D eigenvalue weighted by Gasteiger charge is 2.43. The van der Waals surface area contributed by atoms with E-state index < -0.39 is 12.0 Å². The minimum Gasteiger partial charge on any atom is -0.383 e. The first-order valence-electron chi connectivity index (χ1n) is 11.8. The molecule has 0 aromatic heterocycles. The van der Waals surface area contributed by atoms with Crippen LogP contribution >= 0.6 is 0 Å². The molecule has 1 aliphatic heterocycles. The summed E-state index contributed by atoms with van der Waals surface area (Å²) in [6, 6.07) is 12.8. The molecule has 2 amide bonds. The number of quaternary nitrogens is 1. The Morgan fingerprint density at radius 2 is 1.82 bits per heavy atom. The number of nitrogens with one attached hydrogen (secondary N) is 2. The number of benzene rings is 2. The van der Waals surface area contributed by atoms with Crippen LogP contribution in [0.15, 0.2) is 48.5 Å². The average molecular weight is 457 g/mol. The zero-order valence-electron chi connectivity index (χ0n) is 19.8. The molecule has 6 nitrogen and oxygen atoms in total. The fourth-order valence-electron chi connectivity index (χ4n) is 4.60. The molecule has 2 aromatic carbocycles. The Kier molecular flexibility index (Phi) is 8.97. The highest BCUT2D eigenvalue weighted by Crippen LogP contribution is 2.42. The second-order valence-corrected chi connectivity index (χ2v) is 8.40. The van der Waals surface area contributed by atoms with Gasteiger partial charge >= 0.3 is 0 Å². The molecule has 0 saturated carbocycles. The van der Waals surface area contributed by atoms with Crippen molar-refractivity contribution in [2.45, 2.75) is 32.2 Å². The van der Waals surface area contributed by atoms with Crippen molar-refractivity contribution in [1.82, 2.24) is 10.2 Å². The van der Waals surface area contributed by atoms with Gasteiger partial charge in [0, 0.05) is 32.2 Å². The Bertz CT molecular complexity index is 931. The fraction of sp³-hybridized carbons (Fsp3) is 0.462. The molecule has 2 atom stereocenters. The normalized spacial score (nSPS) is 17.8. The van der Waals surface area contributed by atoms with Crippen LogP contribution in [0.1, 0.15) is 53.7 Å². The van der Waals surface area contributed by atoms with Gasteiger partial charge in [-0.25, -0.2) is 4.39 Å². The molecule has 3 rings (SSSR count). The molecule has 0 saturated heterocycles. The van der Waals surface area contributed by atoms with Gasteiger partial charge in [-0.15, -0.1) is 0 Å². The van der Waals surface area contributed by atoms with Crippen molar-refractivity contribution < 1.29 is 23.6 Å². The lowest BCUT2D eigenvalue weighted by Crippen LogP contribution is -3.11. The maximum atomic E-state index is 13.7. The topological polar surface area (TPSA) is 63.1 Å². The highest BCUT2D eigenvalue weighted by atomic mass is 19.1. The molecular weight excluding hydrogens is 421 g/mol. The molecule has 1 aliphatic rings. The van der Waals surface area contributed by atoms with Crippen molar-refractivity contribution in [3.05, 3.63) is 71.0 Å². The molecule has 0 radical (unpaired) electrons. The van der Waals surface area contributed by atoms with Gasteiger partial charge in [0.25, 0.3) is 5.91 Å². The number of ether oxygens (including phenoxy) is 1. The molecule has 1 heterocycles. The monoisotopic (exact) mass is 456 g/mol. The van der Waals surface area contributed by atoms with Crippen LogP contribution in [-0.2, 0) is 9.53 Å². The van der Waals surface area contributed by atoms with E-state index in [2.05, 4.69) is 19.2 Å². The van der Waals surface area contributed by atoms with E-state index in [1.54, 1.807) is 30.2 Å². The predicted octanol–water partition coefficient (Wildman–Crippen LogP) is 2.18. The zero-order valence-corrected chi connectivity index (χ0v) is 19.8. The third-order valence-electron chi connectivity index (χ3n) is 6.48. The van der Waals surface area contributed by atoms with Gasteiger partial charge < -0.3 is 19.9 Å². The molecule has 2 N–H and O–H groups in total. The number of halogens is 1. The fourth-order valence-corrected chi connectivity index (χ4v) is 4.60.